The lowest BCUT2D eigenvalue weighted by Gasteiger charge is -2.06. The number of rotatable bonds is 6. The molecule has 0 aliphatic carbocycles. The Labute approximate surface area is 108 Å². The lowest BCUT2D eigenvalue weighted by Crippen LogP contribution is -2.25. The molecule has 17 heavy (non-hydrogen) atoms. The third-order valence-corrected chi connectivity index (χ3v) is 3.74. The molecule has 0 fully saturated rings. The fourth-order valence-electron chi connectivity index (χ4n) is 1.18. The van der Waals surface area contributed by atoms with Crippen LogP contribution in [-0.2, 0) is 0 Å². The second-order valence-corrected chi connectivity index (χ2v) is 5.12. The normalized spacial score (nSPS) is 12.1. The number of nitrogens with one attached hydrogen (secondary N) is 1. The smallest absolute Gasteiger partial charge is 0.324 e. The van der Waals surface area contributed by atoms with Crippen LogP contribution < -0.4 is 5.32 Å². The van der Waals surface area contributed by atoms with Gasteiger partial charge in [-0.05, 0) is 18.9 Å². The summed E-state index contributed by atoms with van der Waals surface area (Å²) in [6.45, 7) is 2.45. The average Bonchev–Trinajstić information content (AvgIpc) is 2.78. The minimum atomic E-state index is -0.507. The molecule has 1 N–H and O–H groups in total. The van der Waals surface area contributed by atoms with Gasteiger partial charge in [-0.25, -0.2) is 0 Å². The fourth-order valence-corrected chi connectivity index (χ4v) is 2.03. The van der Waals surface area contributed by atoms with Gasteiger partial charge in [0.15, 0.2) is 0 Å². The zero-order chi connectivity index (χ0) is 12.8. The maximum absolute atomic E-state index is 11.6. The van der Waals surface area contributed by atoms with Crippen LogP contribution in [0, 0.1) is 10.1 Å². The van der Waals surface area contributed by atoms with E-state index in [2.05, 4.69) is 5.32 Å². The molecular weight excluding hydrogens is 264 g/mol. The maximum Gasteiger partial charge on any atom is 0.324 e. The molecule has 1 unspecified atom stereocenters. The summed E-state index contributed by atoms with van der Waals surface area (Å²) >= 11 is 6.77. The van der Waals surface area contributed by atoms with Crippen molar-refractivity contribution in [3.8, 4) is 0 Å². The Morgan fingerprint density at radius 2 is 2.35 bits per heavy atom. The van der Waals surface area contributed by atoms with Crippen LogP contribution in [0.2, 0.25) is 0 Å². The number of nitro groups is 1. The van der Waals surface area contributed by atoms with E-state index in [9.17, 15) is 14.9 Å². The first kappa shape index (κ1) is 13.9. The molecule has 7 heteroatoms. The van der Waals surface area contributed by atoms with Gasteiger partial charge in [0.05, 0.1) is 9.80 Å². The van der Waals surface area contributed by atoms with Gasteiger partial charge < -0.3 is 5.32 Å². The van der Waals surface area contributed by atoms with Crippen molar-refractivity contribution in [2.24, 2.45) is 0 Å². The van der Waals surface area contributed by atoms with E-state index in [0.717, 1.165) is 17.8 Å². The molecule has 1 amide bonds. The molecule has 1 aromatic heterocycles. The number of thiophene rings is 1. The second-order valence-electron chi connectivity index (χ2n) is 3.45. The Morgan fingerprint density at radius 1 is 1.65 bits per heavy atom. The van der Waals surface area contributed by atoms with Gasteiger partial charge in [-0.2, -0.15) is 0 Å². The summed E-state index contributed by atoms with van der Waals surface area (Å²) in [6, 6.07) is 2.78. The molecule has 1 rings (SSSR count). The first-order valence-electron chi connectivity index (χ1n) is 5.21. The highest BCUT2D eigenvalue weighted by Crippen LogP contribution is 2.23. The van der Waals surface area contributed by atoms with Crippen molar-refractivity contribution in [1.29, 1.82) is 0 Å². The molecule has 1 aromatic rings. The Morgan fingerprint density at radius 3 is 2.88 bits per heavy atom. The first-order valence-corrected chi connectivity index (χ1v) is 6.46. The summed E-state index contributed by atoms with van der Waals surface area (Å²) in [5.41, 5.74) is 0. The largest absolute Gasteiger partial charge is 0.351 e. The van der Waals surface area contributed by atoms with Gasteiger partial charge in [0, 0.05) is 18.0 Å². The summed E-state index contributed by atoms with van der Waals surface area (Å²) in [4.78, 5) is 21.9. The SMILES string of the molecule is CCC(Cl)CCNC(=O)c1ccc([N+](=O)[O-])s1. The standard InChI is InChI=1S/C10H13ClN2O3S/c1-2-7(11)5-6-12-10(14)8-3-4-9(17-8)13(15)16/h3-4,7H,2,5-6H2,1H3,(H,12,14). The Hall–Kier alpha value is -1.14. The van der Waals surface area contributed by atoms with Crippen molar-refractivity contribution in [1.82, 2.24) is 5.32 Å². The molecule has 5 nitrogen and oxygen atoms in total. The molecule has 0 bridgehead atoms. The molecule has 1 heterocycles. The molecule has 0 aromatic carbocycles. The third-order valence-electron chi connectivity index (χ3n) is 2.18. The van der Waals surface area contributed by atoms with Gasteiger partial charge in [0.2, 0.25) is 0 Å². The average molecular weight is 277 g/mol. The van der Waals surface area contributed by atoms with Crippen LogP contribution in [-0.4, -0.2) is 22.8 Å². The number of alkyl halides is 1. The van der Waals surface area contributed by atoms with Crippen LogP contribution in [0.15, 0.2) is 12.1 Å². The fraction of sp³-hybridized carbons (Fsp3) is 0.500. The first-order chi connectivity index (χ1) is 8.04. The van der Waals surface area contributed by atoms with E-state index in [4.69, 9.17) is 11.6 Å². The van der Waals surface area contributed by atoms with Gasteiger partial charge in [0.1, 0.15) is 0 Å². The molecule has 0 saturated heterocycles. The van der Waals surface area contributed by atoms with Gasteiger partial charge in [-0.1, -0.05) is 18.3 Å². The van der Waals surface area contributed by atoms with E-state index >= 15 is 0 Å². The summed E-state index contributed by atoms with van der Waals surface area (Å²) < 4.78 is 0. The highest BCUT2D eigenvalue weighted by Gasteiger charge is 2.14. The number of amides is 1. The number of carbonyl (C=O) groups is 1. The topological polar surface area (TPSA) is 72.2 Å². The van der Waals surface area contributed by atoms with E-state index in [1.807, 2.05) is 6.92 Å². The number of halogens is 1. The predicted molar refractivity (Wildman–Crippen MR) is 67.9 cm³/mol. The molecule has 0 radical (unpaired) electrons. The monoisotopic (exact) mass is 276 g/mol. The summed E-state index contributed by atoms with van der Waals surface area (Å²) in [7, 11) is 0. The van der Waals surface area contributed by atoms with E-state index in [1.54, 1.807) is 0 Å². The van der Waals surface area contributed by atoms with Crippen molar-refractivity contribution in [2.75, 3.05) is 6.54 Å². The number of hydrogen-bond acceptors (Lipinski definition) is 4. The van der Waals surface area contributed by atoms with E-state index in [1.165, 1.54) is 12.1 Å². The van der Waals surface area contributed by atoms with E-state index in [-0.39, 0.29) is 16.3 Å². The maximum atomic E-state index is 11.6. The minimum absolute atomic E-state index is 0.0288. The lowest BCUT2D eigenvalue weighted by atomic mass is 10.2. The number of carbonyl (C=O) groups excluding carboxylic acids is 1. The molecule has 1 atom stereocenters. The van der Waals surface area contributed by atoms with Gasteiger partial charge in [-0.15, -0.1) is 11.6 Å². The Kier molecular flexibility index (Phi) is 5.37. The zero-order valence-electron chi connectivity index (χ0n) is 9.31. The van der Waals surface area contributed by atoms with Crippen molar-refractivity contribution in [2.45, 2.75) is 25.1 Å². The van der Waals surface area contributed by atoms with E-state index in [0.29, 0.717) is 17.8 Å². The quantitative estimate of drug-likeness (QED) is 0.493. The summed E-state index contributed by atoms with van der Waals surface area (Å²) in [5, 5.41) is 13.1. The van der Waals surface area contributed by atoms with Crippen LogP contribution in [0.25, 0.3) is 0 Å². The van der Waals surface area contributed by atoms with Crippen molar-refractivity contribution >= 4 is 33.8 Å². The summed E-state index contributed by atoms with van der Waals surface area (Å²) in [5.74, 6) is -0.289. The zero-order valence-corrected chi connectivity index (χ0v) is 10.9. The summed E-state index contributed by atoms with van der Waals surface area (Å²) in [6.07, 6.45) is 1.54. The van der Waals surface area contributed by atoms with Gasteiger partial charge in [0.25, 0.3) is 5.91 Å². The van der Waals surface area contributed by atoms with Crippen molar-refractivity contribution in [3.05, 3.63) is 27.1 Å². The van der Waals surface area contributed by atoms with Crippen LogP contribution in [0.5, 0.6) is 0 Å². The second kappa shape index (κ2) is 6.56. The van der Waals surface area contributed by atoms with Crippen LogP contribution in [0.3, 0.4) is 0 Å². The number of nitrogens with zero attached hydrogens (tertiary/aromatic N) is 1. The Bertz CT molecular complexity index is 408. The molecule has 94 valence electrons. The molecule has 0 aliphatic heterocycles. The van der Waals surface area contributed by atoms with Gasteiger partial charge in [-0.3, -0.25) is 14.9 Å². The number of hydrogen-bond donors (Lipinski definition) is 1. The molecule has 0 saturated carbocycles. The third kappa shape index (κ3) is 4.32. The van der Waals surface area contributed by atoms with Gasteiger partial charge >= 0.3 is 5.00 Å². The highest BCUT2D eigenvalue weighted by molar-refractivity contribution is 7.17. The van der Waals surface area contributed by atoms with E-state index < -0.39 is 4.92 Å². The Balaban J connectivity index is 2.44. The van der Waals surface area contributed by atoms with Crippen molar-refractivity contribution in [3.63, 3.8) is 0 Å². The predicted octanol–water partition coefficient (Wildman–Crippen LogP) is 2.79. The molecular formula is C10H13ClN2O3S. The van der Waals surface area contributed by atoms with Crippen LogP contribution in [0.1, 0.15) is 29.4 Å². The lowest BCUT2D eigenvalue weighted by molar-refractivity contribution is -0.380. The highest BCUT2D eigenvalue weighted by atomic mass is 35.5. The minimum Gasteiger partial charge on any atom is -0.351 e. The van der Waals surface area contributed by atoms with Crippen molar-refractivity contribution < 1.29 is 9.72 Å². The van der Waals surface area contributed by atoms with Crippen LogP contribution >= 0.6 is 22.9 Å². The molecule has 0 spiro atoms. The molecule has 0 aliphatic rings. The van der Waals surface area contributed by atoms with Crippen LogP contribution in [0.4, 0.5) is 5.00 Å².